The molecule has 106 valence electrons. The topological polar surface area (TPSA) is 15.3 Å². The highest BCUT2D eigenvalue weighted by molar-refractivity contribution is 5.32. The van der Waals surface area contributed by atoms with Gasteiger partial charge in [0.05, 0.1) is 0 Å². The van der Waals surface area contributed by atoms with Crippen LogP contribution in [0.15, 0.2) is 18.2 Å². The number of piperidine rings is 1. The normalized spacial score (nSPS) is 19.9. The summed E-state index contributed by atoms with van der Waals surface area (Å²) in [7, 11) is 0. The molecule has 1 unspecified atom stereocenters. The van der Waals surface area contributed by atoms with Gasteiger partial charge in [-0.3, -0.25) is 4.90 Å². The molecule has 1 aromatic rings. The lowest BCUT2D eigenvalue weighted by molar-refractivity contribution is 0.226. The average Bonchev–Trinajstić information content (AvgIpc) is 2.44. The van der Waals surface area contributed by atoms with Gasteiger partial charge in [0.15, 0.2) is 0 Å². The van der Waals surface area contributed by atoms with E-state index in [2.05, 4.69) is 49.2 Å². The molecule has 0 amide bonds. The van der Waals surface area contributed by atoms with Gasteiger partial charge in [-0.2, -0.15) is 0 Å². The lowest BCUT2D eigenvalue weighted by Gasteiger charge is -2.30. The van der Waals surface area contributed by atoms with Crippen LogP contribution in [-0.2, 0) is 6.54 Å². The zero-order chi connectivity index (χ0) is 13.7. The Labute approximate surface area is 118 Å². The maximum Gasteiger partial charge on any atom is 0.0237 e. The number of hydrogen-bond donors (Lipinski definition) is 1. The van der Waals surface area contributed by atoms with E-state index in [1.165, 1.54) is 49.0 Å². The van der Waals surface area contributed by atoms with Gasteiger partial charge in [0, 0.05) is 19.1 Å². The second-order valence-electron chi connectivity index (χ2n) is 5.83. The van der Waals surface area contributed by atoms with Crippen molar-refractivity contribution in [3.05, 3.63) is 34.9 Å². The van der Waals surface area contributed by atoms with Crippen LogP contribution in [0, 0.1) is 13.8 Å². The van der Waals surface area contributed by atoms with Gasteiger partial charge in [0.1, 0.15) is 0 Å². The smallest absolute Gasteiger partial charge is 0.0237 e. The molecule has 1 atom stereocenters. The van der Waals surface area contributed by atoms with E-state index in [1.807, 2.05) is 0 Å². The highest BCUT2D eigenvalue weighted by Gasteiger charge is 2.16. The van der Waals surface area contributed by atoms with Crippen molar-refractivity contribution in [3.8, 4) is 0 Å². The van der Waals surface area contributed by atoms with E-state index in [-0.39, 0.29) is 0 Å². The Morgan fingerprint density at radius 1 is 1.26 bits per heavy atom. The fourth-order valence-corrected chi connectivity index (χ4v) is 2.92. The predicted molar refractivity (Wildman–Crippen MR) is 82.5 cm³/mol. The standard InChI is InChI=1S/C17H28N2/c1-4-19(13-17-10-5-6-11-18-17)12-16-9-7-8-14(2)15(16)3/h7-9,17-18H,4-6,10-13H2,1-3H3. The van der Waals surface area contributed by atoms with Crippen molar-refractivity contribution in [1.29, 1.82) is 0 Å². The average molecular weight is 260 g/mol. The number of nitrogens with one attached hydrogen (secondary N) is 1. The monoisotopic (exact) mass is 260 g/mol. The second-order valence-corrected chi connectivity index (χ2v) is 5.83. The van der Waals surface area contributed by atoms with Gasteiger partial charge >= 0.3 is 0 Å². The molecule has 2 heteroatoms. The maximum atomic E-state index is 3.65. The fourth-order valence-electron chi connectivity index (χ4n) is 2.92. The zero-order valence-corrected chi connectivity index (χ0v) is 12.7. The molecule has 2 rings (SSSR count). The molecule has 0 aromatic heterocycles. The van der Waals surface area contributed by atoms with Gasteiger partial charge in [-0.15, -0.1) is 0 Å². The maximum absolute atomic E-state index is 3.65. The number of nitrogens with zero attached hydrogens (tertiary/aromatic N) is 1. The summed E-state index contributed by atoms with van der Waals surface area (Å²) in [6.07, 6.45) is 4.07. The van der Waals surface area contributed by atoms with Gasteiger partial charge in [-0.05, 0) is 56.5 Å². The van der Waals surface area contributed by atoms with Crippen molar-refractivity contribution < 1.29 is 0 Å². The van der Waals surface area contributed by atoms with Crippen molar-refractivity contribution in [2.45, 2.75) is 52.6 Å². The molecule has 2 nitrogen and oxygen atoms in total. The second kappa shape index (κ2) is 7.06. The van der Waals surface area contributed by atoms with E-state index in [9.17, 15) is 0 Å². The fraction of sp³-hybridized carbons (Fsp3) is 0.647. The molecule has 1 aromatic carbocycles. The minimum absolute atomic E-state index is 0.693. The molecule has 1 aliphatic heterocycles. The SMILES string of the molecule is CCN(Cc1cccc(C)c1C)CC1CCCCN1. The first-order chi connectivity index (χ1) is 9.20. The Morgan fingerprint density at radius 3 is 2.79 bits per heavy atom. The third-order valence-corrected chi connectivity index (χ3v) is 4.45. The van der Waals surface area contributed by atoms with Crippen LogP contribution in [0.1, 0.15) is 42.9 Å². The van der Waals surface area contributed by atoms with Crippen LogP contribution in [0.4, 0.5) is 0 Å². The summed E-state index contributed by atoms with van der Waals surface area (Å²) < 4.78 is 0. The van der Waals surface area contributed by atoms with Crippen LogP contribution in [0.3, 0.4) is 0 Å². The van der Waals surface area contributed by atoms with E-state index in [4.69, 9.17) is 0 Å². The van der Waals surface area contributed by atoms with E-state index in [1.54, 1.807) is 0 Å². The first kappa shape index (κ1) is 14.5. The number of benzene rings is 1. The molecule has 0 spiro atoms. The van der Waals surface area contributed by atoms with Crippen molar-refractivity contribution >= 4 is 0 Å². The number of hydrogen-bond acceptors (Lipinski definition) is 2. The lowest BCUT2D eigenvalue weighted by atomic mass is 10.0. The third kappa shape index (κ3) is 4.05. The summed E-state index contributed by atoms with van der Waals surface area (Å²) in [5, 5.41) is 3.65. The summed E-state index contributed by atoms with van der Waals surface area (Å²) in [6, 6.07) is 7.36. The molecule has 1 fully saturated rings. The van der Waals surface area contributed by atoms with Crippen LogP contribution in [0.2, 0.25) is 0 Å². The predicted octanol–water partition coefficient (Wildman–Crippen LogP) is 3.27. The zero-order valence-electron chi connectivity index (χ0n) is 12.7. The minimum Gasteiger partial charge on any atom is -0.313 e. The van der Waals surface area contributed by atoms with Gasteiger partial charge < -0.3 is 5.32 Å². The number of likely N-dealkylation sites (N-methyl/N-ethyl adjacent to an activating group) is 1. The Hall–Kier alpha value is -0.860. The number of aryl methyl sites for hydroxylation is 1. The number of rotatable bonds is 5. The van der Waals surface area contributed by atoms with E-state index >= 15 is 0 Å². The minimum atomic E-state index is 0.693. The van der Waals surface area contributed by atoms with Crippen LogP contribution in [-0.4, -0.2) is 30.6 Å². The highest BCUT2D eigenvalue weighted by Crippen LogP contribution is 2.16. The summed E-state index contributed by atoms with van der Waals surface area (Å²) in [5.74, 6) is 0. The Balaban J connectivity index is 1.96. The molecule has 0 saturated carbocycles. The van der Waals surface area contributed by atoms with Gasteiger partial charge in [-0.25, -0.2) is 0 Å². The summed E-state index contributed by atoms with van der Waals surface area (Å²) in [6.45, 7) is 11.3. The molecular formula is C17H28N2. The van der Waals surface area contributed by atoms with Crippen LogP contribution in [0.25, 0.3) is 0 Å². The van der Waals surface area contributed by atoms with Crippen LogP contribution >= 0.6 is 0 Å². The molecule has 19 heavy (non-hydrogen) atoms. The van der Waals surface area contributed by atoms with E-state index in [0.29, 0.717) is 6.04 Å². The van der Waals surface area contributed by atoms with Crippen molar-refractivity contribution in [1.82, 2.24) is 10.2 Å². The molecule has 0 aliphatic carbocycles. The Kier molecular flexibility index (Phi) is 5.41. The van der Waals surface area contributed by atoms with Crippen LogP contribution < -0.4 is 5.32 Å². The Morgan fingerprint density at radius 2 is 2.11 bits per heavy atom. The lowest BCUT2D eigenvalue weighted by Crippen LogP contribution is -2.43. The quantitative estimate of drug-likeness (QED) is 0.874. The molecule has 0 bridgehead atoms. The van der Waals surface area contributed by atoms with Gasteiger partial charge in [-0.1, -0.05) is 31.5 Å². The van der Waals surface area contributed by atoms with E-state index < -0.39 is 0 Å². The molecule has 0 radical (unpaired) electrons. The summed E-state index contributed by atoms with van der Waals surface area (Å²) in [4.78, 5) is 2.57. The largest absolute Gasteiger partial charge is 0.313 e. The first-order valence-electron chi connectivity index (χ1n) is 7.71. The molecule has 1 heterocycles. The van der Waals surface area contributed by atoms with Crippen molar-refractivity contribution in [2.75, 3.05) is 19.6 Å². The first-order valence-corrected chi connectivity index (χ1v) is 7.71. The third-order valence-electron chi connectivity index (χ3n) is 4.45. The molecular weight excluding hydrogens is 232 g/mol. The Bertz CT molecular complexity index is 394. The highest BCUT2D eigenvalue weighted by atomic mass is 15.1. The van der Waals surface area contributed by atoms with Crippen molar-refractivity contribution in [3.63, 3.8) is 0 Å². The van der Waals surface area contributed by atoms with Crippen molar-refractivity contribution in [2.24, 2.45) is 0 Å². The molecule has 1 N–H and O–H groups in total. The van der Waals surface area contributed by atoms with E-state index in [0.717, 1.165) is 13.1 Å². The van der Waals surface area contributed by atoms with Crippen LogP contribution in [0.5, 0.6) is 0 Å². The summed E-state index contributed by atoms with van der Waals surface area (Å²) in [5.41, 5.74) is 4.35. The van der Waals surface area contributed by atoms with Gasteiger partial charge in [0.25, 0.3) is 0 Å². The molecule has 1 aliphatic rings. The summed E-state index contributed by atoms with van der Waals surface area (Å²) >= 11 is 0. The molecule has 1 saturated heterocycles. The van der Waals surface area contributed by atoms with Gasteiger partial charge in [0.2, 0.25) is 0 Å².